The molecule has 1 nitrogen and oxygen atoms in total. The zero-order valence-corrected chi connectivity index (χ0v) is 13.6. The quantitative estimate of drug-likeness (QED) is 0.271. The minimum absolute atomic E-state index is 1.02. The highest BCUT2D eigenvalue weighted by Gasteiger charge is 2.16. The molecule has 0 unspecified atom stereocenters. The number of benzene rings is 1. The summed E-state index contributed by atoms with van der Waals surface area (Å²) in [7, 11) is -1.54. The molecule has 0 radical (unpaired) electrons. The summed E-state index contributed by atoms with van der Waals surface area (Å²) in [6.07, 6.45) is 9.98. The second-order valence-electron chi connectivity index (χ2n) is 5.71. The molecule has 0 aliphatic heterocycles. The van der Waals surface area contributed by atoms with Crippen LogP contribution in [0.4, 0.5) is 0 Å². The fourth-order valence-corrected chi connectivity index (χ4v) is 2.55. The molecule has 0 heterocycles. The van der Waals surface area contributed by atoms with Gasteiger partial charge in [-0.25, -0.2) is 0 Å². The Kier molecular flexibility index (Phi) is 6.64. The predicted molar refractivity (Wildman–Crippen MR) is 87.5 cm³/mol. The Morgan fingerprint density at radius 3 is 2.42 bits per heavy atom. The van der Waals surface area contributed by atoms with Gasteiger partial charge in [0.1, 0.15) is 0 Å². The number of rotatable bonds is 7. The first-order valence-corrected chi connectivity index (χ1v) is 10.5. The van der Waals surface area contributed by atoms with Gasteiger partial charge in [0.05, 0.1) is 5.76 Å². The Hall–Kier alpha value is -1.28. The first-order chi connectivity index (χ1) is 9.01. The van der Waals surface area contributed by atoms with Crippen molar-refractivity contribution < 1.29 is 4.43 Å². The average molecular weight is 274 g/mol. The maximum atomic E-state index is 6.12. The summed E-state index contributed by atoms with van der Waals surface area (Å²) in [6, 6.07) is 10.4. The SMILES string of the molecule is CCCC/C=C(/C=C/c1ccccc1)O[Si](C)(C)C. The second-order valence-corrected chi connectivity index (χ2v) is 10.1. The van der Waals surface area contributed by atoms with Gasteiger partial charge in [0.2, 0.25) is 8.32 Å². The summed E-state index contributed by atoms with van der Waals surface area (Å²) >= 11 is 0. The minimum atomic E-state index is -1.54. The smallest absolute Gasteiger partial charge is 0.242 e. The lowest BCUT2D eigenvalue weighted by molar-refractivity contribution is 0.438. The average Bonchev–Trinajstić information content (AvgIpc) is 2.36. The molecule has 2 heteroatoms. The van der Waals surface area contributed by atoms with Gasteiger partial charge in [0, 0.05) is 0 Å². The molecule has 1 aromatic rings. The van der Waals surface area contributed by atoms with Crippen molar-refractivity contribution in [1.29, 1.82) is 0 Å². The lowest BCUT2D eigenvalue weighted by Crippen LogP contribution is -2.24. The van der Waals surface area contributed by atoms with E-state index in [1.807, 2.05) is 6.07 Å². The van der Waals surface area contributed by atoms with Gasteiger partial charge in [-0.1, -0.05) is 49.8 Å². The summed E-state index contributed by atoms with van der Waals surface area (Å²) in [4.78, 5) is 0. The van der Waals surface area contributed by atoms with Crippen LogP contribution in [0.1, 0.15) is 31.7 Å². The van der Waals surface area contributed by atoms with E-state index >= 15 is 0 Å². The van der Waals surface area contributed by atoms with E-state index in [1.165, 1.54) is 18.4 Å². The third-order valence-corrected chi connectivity index (χ3v) is 3.41. The summed E-state index contributed by atoms with van der Waals surface area (Å²) in [5, 5.41) is 0. The van der Waals surface area contributed by atoms with Crippen LogP contribution in [-0.2, 0) is 4.43 Å². The van der Waals surface area contributed by atoms with E-state index < -0.39 is 8.32 Å². The van der Waals surface area contributed by atoms with Crippen LogP contribution in [0.2, 0.25) is 19.6 Å². The van der Waals surface area contributed by atoms with Crippen molar-refractivity contribution in [2.75, 3.05) is 0 Å². The van der Waals surface area contributed by atoms with E-state index in [1.54, 1.807) is 0 Å². The highest BCUT2D eigenvalue weighted by molar-refractivity contribution is 6.70. The summed E-state index contributed by atoms with van der Waals surface area (Å²) in [5.41, 5.74) is 1.21. The third kappa shape index (κ3) is 7.68. The molecule has 0 atom stereocenters. The molecule has 104 valence electrons. The van der Waals surface area contributed by atoms with E-state index in [2.05, 4.69) is 69.1 Å². The van der Waals surface area contributed by atoms with Gasteiger partial charge in [-0.15, -0.1) is 0 Å². The summed E-state index contributed by atoms with van der Waals surface area (Å²) in [5.74, 6) is 1.02. The Labute approximate surface area is 119 Å². The van der Waals surface area contributed by atoms with Crippen LogP contribution >= 0.6 is 0 Å². The van der Waals surface area contributed by atoms with Crippen LogP contribution in [0.5, 0.6) is 0 Å². The zero-order chi connectivity index (χ0) is 14.1. The highest BCUT2D eigenvalue weighted by atomic mass is 28.4. The maximum absolute atomic E-state index is 6.12. The highest BCUT2D eigenvalue weighted by Crippen LogP contribution is 2.15. The van der Waals surface area contributed by atoms with E-state index in [4.69, 9.17) is 4.43 Å². The fraction of sp³-hybridized carbons (Fsp3) is 0.412. The molecule has 0 aliphatic carbocycles. The van der Waals surface area contributed by atoms with E-state index in [0.717, 1.165) is 12.2 Å². The van der Waals surface area contributed by atoms with Crippen molar-refractivity contribution in [3.8, 4) is 0 Å². The van der Waals surface area contributed by atoms with Gasteiger partial charge < -0.3 is 4.43 Å². The molecular formula is C17H26OSi. The molecule has 0 saturated heterocycles. The number of allylic oxidation sites excluding steroid dienone is 2. The Morgan fingerprint density at radius 1 is 1.16 bits per heavy atom. The van der Waals surface area contributed by atoms with Crippen LogP contribution in [0, 0.1) is 0 Å². The molecule has 0 spiro atoms. The fourth-order valence-electron chi connectivity index (χ4n) is 1.69. The van der Waals surface area contributed by atoms with Crippen molar-refractivity contribution >= 4 is 14.4 Å². The molecule has 19 heavy (non-hydrogen) atoms. The zero-order valence-electron chi connectivity index (χ0n) is 12.6. The van der Waals surface area contributed by atoms with Crippen molar-refractivity contribution in [2.45, 2.75) is 45.8 Å². The van der Waals surface area contributed by atoms with Crippen LogP contribution < -0.4 is 0 Å². The Morgan fingerprint density at radius 2 is 1.84 bits per heavy atom. The van der Waals surface area contributed by atoms with E-state index in [0.29, 0.717) is 0 Å². The van der Waals surface area contributed by atoms with Crippen LogP contribution in [-0.4, -0.2) is 8.32 Å². The van der Waals surface area contributed by atoms with Gasteiger partial charge >= 0.3 is 0 Å². The molecule has 0 aromatic heterocycles. The Bertz CT molecular complexity index is 413. The van der Waals surface area contributed by atoms with Gasteiger partial charge in [-0.3, -0.25) is 0 Å². The first-order valence-electron chi connectivity index (χ1n) is 7.13. The lowest BCUT2D eigenvalue weighted by atomic mass is 10.2. The predicted octanol–water partition coefficient (Wildman–Crippen LogP) is 5.63. The largest absolute Gasteiger partial charge is 0.545 e. The molecule has 0 bridgehead atoms. The van der Waals surface area contributed by atoms with Gasteiger partial charge in [0.15, 0.2) is 0 Å². The molecule has 0 aliphatic rings. The van der Waals surface area contributed by atoms with Crippen molar-refractivity contribution in [3.63, 3.8) is 0 Å². The molecule has 0 fully saturated rings. The van der Waals surface area contributed by atoms with Crippen molar-refractivity contribution in [1.82, 2.24) is 0 Å². The van der Waals surface area contributed by atoms with Gasteiger partial charge in [0.25, 0.3) is 0 Å². The number of unbranched alkanes of at least 4 members (excludes halogenated alkanes) is 2. The normalized spacial score (nSPS) is 12.9. The van der Waals surface area contributed by atoms with Crippen molar-refractivity contribution in [3.05, 3.63) is 53.8 Å². The Balaban J connectivity index is 2.73. The number of hydrogen-bond donors (Lipinski definition) is 0. The molecule has 1 aromatic carbocycles. The second kappa shape index (κ2) is 8.00. The number of hydrogen-bond acceptors (Lipinski definition) is 1. The van der Waals surface area contributed by atoms with Crippen LogP contribution in [0.25, 0.3) is 6.08 Å². The standard InChI is InChI=1S/C17H26OSi/c1-5-6-8-13-17(18-19(2,3)4)15-14-16-11-9-7-10-12-16/h7,9-15H,5-6,8H2,1-4H3/b15-14+,17-13-. The summed E-state index contributed by atoms with van der Waals surface area (Å²) in [6.45, 7) is 8.87. The van der Waals surface area contributed by atoms with Gasteiger partial charge in [-0.2, -0.15) is 0 Å². The lowest BCUT2D eigenvalue weighted by Gasteiger charge is -2.20. The topological polar surface area (TPSA) is 9.23 Å². The van der Waals surface area contributed by atoms with E-state index in [-0.39, 0.29) is 0 Å². The molecule has 0 N–H and O–H groups in total. The minimum Gasteiger partial charge on any atom is -0.545 e. The maximum Gasteiger partial charge on any atom is 0.242 e. The van der Waals surface area contributed by atoms with E-state index in [9.17, 15) is 0 Å². The van der Waals surface area contributed by atoms with Crippen LogP contribution in [0.3, 0.4) is 0 Å². The molecular weight excluding hydrogens is 248 g/mol. The molecule has 1 rings (SSSR count). The third-order valence-electron chi connectivity index (χ3n) is 2.57. The molecule has 0 saturated carbocycles. The van der Waals surface area contributed by atoms with Crippen molar-refractivity contribution in [2.24, 2.45) is 0 Å². The monoisotopic (exact) mass is 274 g/mol. The molecule has 0 amide bonds. The van der Waals surface area contributed by atoms with Crippen LogP contribution in [0.15, 0.2) is 48.2 Å². The van der Waals surface area contributed by atoms with Gasteiger partial charge in [-0.05, 0) is 50.2 Å². The first kappa shape index (κ1) is 15.8. The summed E-state index contributed by atoms with van der Waals surface area (Å²) < 4.78 is 6.12.